The second-order valence-electron chi connectivity index (χ2n) is 10.2. The van der Waals surface area contributed by atoms with Crippen molar-refractivity contribution in [1.82, 2.24) is 24.8 Å². The van der Waals surface area contributed by atoms with Crippen LogP contribution in [-0.4, -0.2) is 50.4 Å². The second-order valence-corrected chi connectivity index (χ2v) is 10.2. The summed E-state index contributed by atoms with van der Waals surface area (Å²) >= 11 is 0. The van der Waals surface area contributed by atoms with Crippen molar-refractivity contribution in [1.29, 1.82) is 0 Å². The average Bonchev–Trinajstić information content (AvgIpc) is 2.95. The minimum absolute atomic E-state index is 0.205. The highest BCUT2D eigenvalue weighted by Gasteiger charge is 2.21. The molecule has 0 bridgehead atoms. The van der Waals surface area contributed by atoms with Crippen LogP contribution in [0.2, 0.25) is 0 Å². The molecule has 200 valence electrons. The second kappa shape index (κ2) is 12.1. The number of pyridine rings is 2. The van der Waals surface area contributed by atoms with E-state index in [2.05, 4.69) is 61.4 Å². The van der Waals surface area contributed by atoms with E-state index in [0.29, 0.717) is 23.1 Å². The lowest BCUT2D eigenvalue weighted by molar-refractivity contribution is 0.102. The quantitative estimate of drug-likeness (QED) is 0.288. The number of aromatic nitrogens is 4. The first-order valence-corrected chi connectivity index (χ1v) is 13.6. The van der Waals surface area contributed by atoms with Crippen molar-refractivity contribution in [2.45, 2.75) is 46.0 Å². The molecule has 0 radical (unpaired) electrons. The molecule has 4 aromatic rings. The van der Waals surface area contributed by atoms with Crippen LogP contribution in [0.4, 0.5) is 17.3 Å². The van der Waals surface area contributed by atoms with Crippen LogP contribution in [0.15, 0.2) is 67.3 Å². The third-order valence-electron chi connectivity index (χ3n) is 7.08. The van der Waals surface area contributed by atoms with Crippen molar-refractivity contribution in [2.24, 2.45) is 0 Å². The first-order valence-electron chi connectivity index (χ1n) is 13.6. The molecule has 1 aliphatic heterocycles. The zero-order valence-corrected chi connectivity index (χ0v) is 22.8. The number of carbonyl (C=O) groups excluding carboxylic acids is 1. The smallest absolute Gasteiger partial charge is 0.257 e. The number of nitrogens with one attached hydrogen (secondary N) is 2. The van der Waals surface area contributed by atoms with Gasteiger partial charge in [-0.1, -0.05) is 13.0 Å². The number of likely N-dealkylation sites (tertiary alicyclic amines) is 1. The lowest BCUT2D eigenvalue weighted by Gasteiger charge is -2.33. The Morgan fingerprint density at radius 2 is 1.97 bits per heavy atom. The molecule has 0 aliphatic carbocycles. The van der Waals surface area contributed by atoms with Gasteiger partial charge in [0.2, 0.25) is 5.95 Å². The van der Waals surface area contributed by atoms with Gasteiger partial charge in [0.25, 0.3) is 5.91 Å². The Kier molecular flexibility index (Phi) is 8.22. The van der Waals surface area contributed by atoms with E-state index in [1.807, 2.05) is 31.2 Å². The van der Waals surface area contributed by atoms with Crippen molar-refractivity contribution >= 4 is 23.2 Å². The highest BCUT2D eigenvalue weighted by molar-refractivity contribution is 6.04. The van der Waals surface area contributed by atoms with E-state index in [4.69, 9.17) is 0 Å². The summed E-state index contributed by atoms with van der Waals surface area (Å²) in [6.45, 7) is 9.59. The molecule has 2 N–H and O–H groups in total. The largest absolute Gasteiger partial charge is 0.323 e. The summed E-state index contributed by atoms with van der Waals surface area (Å²) in [4.78, 5) is 33.4. The van der Waals surface area contributed by atoms with Crippen molar-refractivity contribution in [3.63, 3.8) is 0 Å². The molecule has 8 heteroatoms. The minimum atomic E-state index is -0.205. The van der Waals surface area contributed by atoms with Gasteiger partial charge in [0.15, 0.2) is 0 Å². The average molecular weight is 522 g/mol. The highest BCUT2D eigenvalue weighted by atomic mass is 16.1. The Balaban J connectivity index is 1.32. The molecule has 0 spiro atoms. The van der Waals surface area contributed by atoms with Crippen LogP contribution < -0.4 is 10.6 Å². The van der Waals surface area contributed by atoms with E-state index < -0.39 is 0 Å². The van der Waals surface area contributed by atoms with Crippen molar-refractivity contribution in [3.05, 3.63) is 89.6 Å². The van der Waals surface area contributed by atoms with Gasteiger partial charge in [0, 0.05) is 42.6 Å². The highest BCUT2D eigenvalue weighted by Crippen LogP contribution is 2.30. The Labute approximate surface area is 230 Å². The lowest BCUT2D eigenvalue weighted by atomic mass is 9.89. The molecule has 1 fully saturated rings. The fraction of sp³-hybridized carbons (Fsp3) is 0.323. The number of hydrogen-bond donors (Lipinski definition) is 2. The van der Waals surface area contributed by atoms with E-state index in [1.54, 1.807) is 30.9 Å². The van der Waals surface area contributed by atoms with Crippen LogP contribution in [0.3, 0.4) is 0 Å². The van der Waals surface area contributed by atoms with Gasteiger partial charge in [-0.3, -0.25) is 14.8 Å². The molecule has 1 aromatic carbocycles. The van der Waals surface area contributed by atoms with Crippen molar-refractivity contribution < 1.29 is 4.79 Å². The van der Waals surface area contributed by atoms with Gasteiger partial charge >= 0.3 is 0 Å². The van der Waals surface area contributed by atoms with Crippen LogP contribution in [0.25, 0.3) is 11.3 Å². The number of hydrogen-bond acceptors (Lipinski definition) is 7. The molecule has 3 aromatic heterocycles. The van der Waals surface area contributed by atoms with Crippen LogP contribution in [0, 0.1) is 13.8 Å². The molecule has 5 rings (SSSR count). The molecule has 0 saturated carbocycles. The summed E-state index contributed by atoms with van der Waals surface area (Å²) in [5.74, 6) is 0.704. The SMILES string of the molecule is CCCN1CCCC(c2cc(C)cc(NC(=O)c3cnc(C)c(Nc4nccc(-c5cccnc5)n4)c3)c2)C1. The van der Waals surface area contributed by atoms with E-state index >= 15 is 0 Å². The van der Waals surface area contributed by atoms with E-state index in [9.17, 15) is 4.79 Å². The third-order valence-corrected chi connectivity index (χ3v) is 7.08. The summed E-state index contributed by atoms with van der Waals surface area (Å²) in [6, 6.07) is 13.8. The van der Waals surface area contributed by atoms with Gasteiger partial charge in [0.05, 0.1) is 22.6 Å². The maximum Gasteiger partial charge on any atom is 0.257 e. The minimum Gasteiger partial charge on any atom is -0.323 e. The number of anilines is 3. The molecule has 1 unspecified atom stereocenters. The van der Waals surface area contributed by atoms with Crippen LogP contribution in [0.5, 0.6) is 0 Å². The normalized spacial score (nSPS) is 15.6. The Bertz CT molecular complexity index is 1440. The van der Waals surface area contributed by atoms with Crippen molar-refractivity contribution in [3.8, 4) is 11.3 Å². The summed E-state index contributed by atoms with van der Waals surface area (Å²) in [6.07, 6.45) is 10.3. The molecule has 4 heterocycles. The number of piperidine rings is 1. The van der Waals surface area contributed by atoms with Gasteiger partial charge < -0.3 is 15.5 Å². The summed E-state index contributed by atoms with van der Waals surface area (Å²) in [5.41, 5.74) is 6.78. The monoisotopic (exact) mass is 521 g/mol. The summed E-state index contributed by atoms with van der Waals surface area (Å²) in [5, 5.41) is 6.32. The number of nitrogens with zero attached hydrogens (tertiary/aromatic N) is 5. The van der Waals surface area contributed by atoms with Gasteiger partial charge in [-0.2, -0.15) is 0 Å². The number of carbonyl (C=O) groups is 1. The van der Waals surface area contributed by atoms with Gasteiger partial charge in [-0.15, -0.1) is 0 Å². The number of rotatable bonds is 8. The third kappa shape index (κ3) is 6.64. The number of aryl methyl sites for hydroxylation is 2. The number of amides is 1. The predicted molar refractivity (Wildman–Crippen MR) is 155 cm³/mol. The standard InChI is InChI=1S/C31H35N7O/c1-4-12-38-13-6-8-24(20-38)25-14-21(2)15-27(16-25)35-30(39)26-17-29(22(3)34-19-26)37-31-33-11-9-28(36-31)23-7-5-10-32-18-23/h5,7,9-11,14-19,24H,4,6,8,12-13,20H2,1-3H3,(H,35,39)(H,33,36,37). The molecule has 8 nitrogen and oxygen atoms in total. The van der Waals surface area contributed by atoms with Gasteiger partial charge in [-0.25, -0.2) is 9.97 Å². The maximum absolute atomic E-state index is 13.3. The topological polar surface area (TPSA) is 95.9 Å². The summed E-state index contributed by atoms with van der Waals surface area (Å²) < 4.78 is 0. The molecule has 1 aliphatic rings. The van der Waals surface area contributed by atoms with Gasteiger partial charge in [0.1, 0.15) is 0 Å². The zero-order valence-electron chi connectivity index (χ0n) is 22.8. The lowest BCUT2D eigenvalue weighted by Crippen LogP contribution is -2.34. The number of benzene rings is 1. The first kappa shape index (κ1) is 26.4. The van der Waals surface area contributed by atoms with Gasteiger partial charge in [-0.05, 0) is 99.6 Å². The molecule has 1 saturated heterocycles. The van der Waals surface area contributed by atoms with Crippen LogP contribution in [-0.2, 0) is 0 Å². The molecule has 39 heavy (non-hydrogen) atoms. The summed E-state index contributed by atoms with van der Waals surface area (Å²) in [7, 11) is 0. The Morgan fingerprint density at radius 3 is 2.79 bits per heavy atom. The molecular formula is C31H35N7O. The maximum atomic E-state index is 13.3. The van der Waals surface area contributed by atoms with Crippen LogP contribution >= 0.6 is 0 Å². The Morgan fingerprint density at radius 1 is 1.08 bits per heavy atom. The van der Waals surface area contributed by atoms with E-state index in [-0.39, 0.29) is 5.91 Å². The molecule has 1 atom stereocenters. The fourth-order valence-corrected chi connectivity index (χ4v) is 5.17. The molecular weight excluding hydrogens is 486 g/mol. The van der Waals surface area contributed by atoms with Crippen LogP contribution in [0.1, 0.15) is 59.3 Å². The first-order chi connectivity index (χ1) is 19.0. The Hall–Kier alpha value is -4.17. The zero-order chi connectivity index (χ0) is 27.2. The van der Waals surface area contributed by atoms with E-state index in [1.165, 1.54) is 31.4 Å². The predicted octanol–water partition coefficient (Wildman–Crippen LogP) is 6.14. The van der Waals surface area contributed by atoms with E-state index in [0.717, 1.165) is 41.3 Å². The molecule has 1 amide bonds. The fourth-order valence-electron chi connectivity index (χ4n) is 5.17. The van der Waals surface area contributed by atoms with Crippen molar-refractivity contribution in [2.75, 3.05) is 30.3 Å².